The maximum absolute atomic E-state index is 13.6. The zero-order valence-electron chi connectivity index (χ0n) is 7.51. The molecule has 0 aliphatic carbocycles. The van der Waals surface area contributed by atoms with Gasteiger partial charge >= 0.3 is 6.09 Å². The number of carboxylic acid groups (broad SMARTS) is 1. The molecule has 1 atom stereocenters. The number of hydrogen-bond donors (Lipinski definition) is 1. The smallest absolute Gasteiger partial charge is 0.429 e. The molecule has 0 saturated heterocycles. The van der Waals surface area contributed by atoms with E-state index in [1.807, 2.05) is 0 Å². The molecule has 0 radical (unpaired) electrons. The van der Waals surface area contributed by atoms with Gasteiger partial charge < -0.3 is 5.11 Å². The normalized spacial score (nSPS) is 19.7. The second-order valence-corrected chi connectivity index (χ2v) is 3.05. The Morgan fingerprint density at radius 1 is 1.50 bits per heavy atom. The van der Waals surface area contributed by atoms with Gasteiger partial charge in [-0.2, -0.15) is 5.01 Å². The molecular formula is C9H9FN2O2. The first-order chi connectivity index (χ1) is 6.63. The van der Waals surface area contributed by atoms with E-state index in [1.54, 1.807) is 24.3 Å². The molecule has 1 aliphatic heterocycles. The van der Waals surface area contributed by atoms with Gasteiger partial charge in [-0.3, -0.25) is 5.01 Å². The Kier molecular flexibility index (Phi) is 1.80. The lowest BCUT2D eigenvalue weighted by Crippen LogP contribution is -2.39. The number of rotatable bonds is 0. The van der Waals surface area contributed by atoms with Gasteiger partial charge in [0, 0.05) is 12.6 Å². The molecule has 1 heterocycles. The summed E-state index contributed by atoms with van der Waals surface area (Å²) in [6.45, 7) is 0. The van der Waals surface area contributed by atoms with Gasteiger partial charge in [-0.15, -0.1) is 0 Å². The first-order valence-electron chi connectivity index (χ1n) is 4.11. The van der Waals surface area contributed by atoms with E-state index in [9.17, 15) is 9.18 Å². The maximum atomic E-state index is 13.6. The average molecular weight is 196 g/mol. The second kappa shape index (κ2) is 2.87. The van der Waals surface area contributed by atoms with Crippen molar-refractivity contribution in [2.45, 2.75) is 6.30 Å². The lowest BCUT2D eigenvalue weighted by Gasteiger charge is -2.24. The molecule has 1 amide bonds. The Bertz CT molecular complexity index is 354. The summed E-state index contributed by atoms with van der Waals surface area (Å²) in [6, 6.07) is 6.70. The highest BCUT2D eigenvalue weighted by Gasteiger charge is 2.37. The number of benzene rings is 1. The summed E-state index contributed by atoms with van der Waals surface area (Å²) < 4.78 is 13.6. The molecule has 1 unspecified atom stereocenters. The molecule has 74 valence electrons. The summed E-state index contributed by atoms with van der Waals surface area (Å²) in [7, 11) is 1.52. The molecule has 5 heteroatoms. The second-order valence-electron chi connectivity index (χ2n) is 3.05. The van der Waals surface area contributed by atoms with Crippen molar-refractivity contribution in [3.8, 4) is 0 Å². The number of nitrogens with zero attached hydrogens (tertiary/aromatic N) is 2. The van der Waals surface area contributed by atoms with E-state index in [2.05, 4.69) is 0 Å². The third-order valence-corrected chi connectivity index (χ3v) is 2.28. The van der Waals surface area contributed by atoms with Crippen molar-refractivity contribution >= 4 is 11.8 Å². The van der Waals surface area contributed by atoms with E-state index in [1.165, 1.54) is 12.1 Å². The number of hydrogen-bond acceptors (Lipinski definition) is 2. The van der Waals surface area contributed by atoms with Gasteiger partial charge in [0.05, 0.1) is 5.69 Å². The van der Waals surface area contributed by atoms with Crippen molar-refractivity contribution in [2.24, 2.45) is 0 Å². The highest BCUT2D eigenvalue weighted by molar-refractivity contribution is 5.73. The fourth-order valence-electron chi connectivity index (χ4n) is 1.61. The lowest BCUT2D eigenvalue weighted by molar-refractivity contribution is 0.0798. The molecule has 1 aliphatic rings. The van der Waals surface area contributed by atoms with Crippen molar-refractivity contribution in [3.05, 3.63) is 29.8 Å². The van der Waals surface area contributed by atoms with Gasteiger partial charge in [-0.05, 0) is 6.07 Å². The highest BCUT2D eigenvalue weighted by Crippen LogP contribution is 2.39. The number of fused-ring (bicyclic) bond motifs is 1. The monoisotopic (exact) mass is 196 g/mol. The molecule has 0 fully saturated rings. The zero-order valence-corrected chi connectivity index (χ0v) is 7.51. The molecule has 0 bridgehead atoms. The molecule has 14 heavy (non-hydrogen) atoms. The summed E-state index contributed by atoms with van der Waals surface area (Å²) in [5.41, 5.74) is 0.972. The summed E-state index contributed by atoms with van der Waals surface area (Å²) in [5.74, 6) is 0. The van der Waals surface area contributed by atoms with E-state index in [4.69, 9.17) is 5.11 Å². The van der Waals surface area contributed by atoms with Crippen molar-refractivity contribution in [2.75, 3.05) is 12.1 Å². The first-order valence-corrected chi connectivity index (χ1v) is 4.11. The Morgan fingerprint density at radius 2 is 2.14 bits per heavy atom. The number of alkyl halides is 1. The Hall–Kier alpha value is -1.78. The summed E-state index contributed by atoms with van der Waals surface area (Å²) in [6.07, 6.45) is -2.90. The van der Waals surface area contributed by atoms with Crippen LogP contribution in [-0.2, 0) is 0 Å². The van der Waals surface area contributed by atoms with Crippen LogP contribution in [0.4, 0.5) is 14.9 Å². The van der Waals surface area contributed by atoms with Crippen LogP contribution in [0.3, 0.4) is 0 Å². The maximum Gasteiger partial charge on any atom is 0.429 e. The van der Waals surface area contributed by atoms with Gasteiger partial charge in [0.1, 0.15) is 0 Å². The Morgan fingerprint density at radius 3 is 2.71 bits per heavy atom. The van der Waals surface area contributed by atoms with Crippen LogP contribution in [0.1, 0.15) is 11.9 Å². The SMILES string of the molecule is CN1c2ccccc2C(F)N1C(=O)O. The van der Waals surface area contributed by atoms with Gasteiger partial charge in [0.2, 0.25) is 6.30 Å². The number of anilines is 1. The number of carbonyl (C=O) groups is 1. The third kappa shape index (κ3) is 1.02. The minimum Gasteiger partial charge on any atom is -0.464 e. The van der Waals surface area contributed by atoms with Crippen LogP contribution in [0.2, 0.25) is 0 Å². The number of hydrazine groups is 1. The van der Waals surface area contributed by atoms with Crippen molar-refractivity contribution < 1.29 is 14.3 Å². The topological polar surface area (TPSA) is 43.8 Å². The number of halogens is 1. The van der Waals surface area contributed by atoms with Gasteiger partial charge in [-0.1, -0.05) is 18.2 Å². The molecular weight excluding hydrogens is 187 g/mol. The van der Waals surface area contributed by atoms with Crippen LogP contribution in [-0.4, -0.2) is 23.3 Å². The highest BCUT2D eigenvalue weighted by atomic mass is 19.1. The first kappa shape index (κ1) is 8.80. The molecule has 1 N–H and O–H groups in total. The van der Waals surface area contributed by atoms with E-state index in [0.29, 0.717) is 16.3 Å². The van der Waals surface area contributed by atoms with Crippen LogP contribution < -0.4 is 5.01 Å². The minimum atomic E-state index is -1.60. The molecule has 0 aromatic heterocycles. The quantitative estimate of drug-likeness (QED) is 0.645. The molecule has 1 aromatic rings. The lowest BCUT2D eigenvalue weighted by atomic mass is 10.2. The van der Waals surface area contributed by atoms with E-state index in [-0.39, 0.29) is 0 Å². The van der Waals surface area contributed by atoms with Crippen LogP contribution in [0, 0.1) is 0 Å². The third-order valence-electron chi connectivity index (χ3n) is 2.28. The van der Waals surface area contributed by atoms with Crippen molar-refractivity contribution in [3.63, 3.8) is 0 Å². The van der Waals surface area contributed by atoms with E-state index in [0.717, 1.165) is 0 Å². The standard InChI is InChI=1S/C9H9FN2O2/c1-11-7-5-3-2-4-6(7)8(10)12(11)9(13)14/h2-5,8H,1H3,(H,13,14). The van der Waals surface area contributed by atoms with Crippen LogP contribution in [0.15, 0.2) is 24.3 Å². The molecule has 0 saturated carbocycles. The molecule has 0 spiro atoms. The summed E-state index contributed by atoms with van der Waals surface area (Å²) >= 11 is 0. The predicted octanol–water partition coefficient (Wildman–Crippen LogP) is 2.00. The van der Waals surface area contributed by atoms with Crippen LogP contribution >= 0.6 is 0 Å². The van der Waals surface area contributed by atoms with E-state index >= 15 is 0 Å². The predicted molar refractivity (Wildman–Crippen MR) is 48.6 cm³/mol. The minimum absolute atomic E-state index is 0.386. The molecule has 1 aromatic carbocycles. The fraction of sp³-hybridized carbons (Fsp3) is 0.222. The fourth-order valence-corrected chi connectivity index (χ4v) is 1.61. The zero-order chi connectivity index (χ0) is 10.3. The molecule has 4 nitrogen and oxygen atoms in total. The number of amides is 1. The van der Waals surface area contributed by atoms with Gasteiger partial charge in [-0.25, -0.2) is 9.18 Å². The van der Waals surface area contributed by atoms with Crippen LogP contribution in [0.25, 0.3) is 0 Å². The van der Waals surface area contributed by atoms with E-state index < -0.39 is 12.4 Å². The van der Waals surface area contributed by atoms with Gasteiger partial charge in [0.25, 0.3) is 0 Å². The number of para-hydroxylation sites is 1. The van der Waals surface area contributed by atoms with Gasteiger partial charge in [0.15, 0.2) is 0 Å². The summed E-state index contributed by atoms with van der Waals surface area (Å²) in [4.78, 5) is 10.7. The summed E-state index contributed by atoms with van der Waals surface area (Å²) in [5, 5.41) is 10.7. The van der Waals surface area contributed by atoms with Crippen molar-refractivity contribution in [1.29, 1.82) is 0 Å². The Labute approximate surface area is 80.1 Å². The largest absolute Gasteiger partial charge is 0.464 e. The molecule has 2 rings (SSSR count). The van der Waals surface area contributed by atoms with Crippen molar-refractivity contribution in [1.82, 2.24) is 5.01 Å². The average Bonchev–Trinajstić information content (AvgIpc) is 2.41. The van der Waals surface area contributed by atoms with Crippen LogP contribution in [0.5, 0.6) is 0 Å². The Balaban J connectivity index is 2.48.